The number of benzene rings is 1. The summed E-state index contributed by atoms with van der Waals surface area (Å²) in [4.78, 5) is 2.15. The minimum Gasteiger partial charge on any atom is -0.491 e. The van der Waals surface area contributed by atoms with E-state index >= 15 is 0 Å². The van der Waals surface area contributed by atoms with Gasteiger partial charge in [-0.2, -0.15) is 0 Å². The summed E-state index contributed by atoms with van der Waals surface area (Å²) in [5.74, 6) is 0.860. The van der Waals surface area contributed by atoms with E-state index < -0.39 is 5.60 Å². The number of hydrogen-bond acceptors (Lipinski definition) is 3. The van der Waals surface area contributed by atoms with E-state index in [-0.39, 0.29) is 6.10 Å². The van der Waals surface area contributed by atoms with Crippen LogP contribution in [0.1, 0.15) is 25.8 Å². The molecule has 1 N–H and O–H groups in total. The highest BCUT2D eigenvalue weighted by atomic mass is 16.5. The van der Waals surface area contributed by atoms with Crippen LogP contribution in [0.15, 0.2) is 24.3 Å². The Bertz CT molecular complexity index is 374. The van der Waals surface area contributed by atoms with Gasteiger partial charge in [0, 0.05) is 13.1 Å². The van der Waals surface area contributed by atoms with Crippen LogP contribution in [-0.2, 0) is 5.60 Å². The average molecular weight is 235 g/mol. The molecule has 0 aliphatic carbocycles. The van der Waals surface area contributed by atoms with Crippen molar-refractivity contribution in [1.82, 2.24) is 4.90 Å². The third-order valence-corrected chi connectivity index (χ3v) is 3.20. The molecule has 3 nitrogen and oxygen atoms in total. The number of aliphatic hydroxyl groups is 1. The molecule has 94 valence electrons. The zero-order valence-electron chi connectivity index (χ0n) is 10.8. The van der Waals surface area contributed by atoms with E-state index in [2.05, 4.69) is 4.90 Å². The molecule has 0 saturated carbocycles. The maximum atomic E-state index is 10.5. The predicted octanol–water partition coefficient (Wildman–Crippen LogP) is 2.00. The molecule has 17 heavy (non-hydrogen) atoms. The quantitative estimate of drug-likeness (QED) is 0.869. The van der Waals surface area contributed by atoms with Crippen molar-refractivity contribution in [1.29, 1.82) is 0 Å². The largest absolute Gasteiger partial charge is 0.491 e. The van der Waals surface area contributed by atoms with E-state index in [9.17, 15) is 5.11 Å². The van der Waals surface area contributed by atoms with Gasteiger partial charge in [-0.3, -0.25) is 0 Å². The van der Waals surface area contributed by atoms with Crippen molar-refractivity contribution in [2.24, 2.45) is 0 Å². The number of β-amino-alcohol motifs (C(OH)–C–C–N with tert-alkyl or cyclic N) is 1. The summed E-state index contributed by atoms with van der Waals surface area (Å²) in [5.41, 5.74) is 0.295. The SMILES string of the molecule is CC(C)Oc1ccc(C2(O)CCN(C)C2)cc1. The van der Waals surface area contributed by atoms with Crippen molar-refractivity contribution in [3.8, 4) is 5.75 Å². The molecule has 1 aliphatic heterocycles. The molecular weight excluding hydrogens is 214 g/mol. The molecule has 2 rings (SSSR count). The fourth-order valence-electron chi connectivity index (χ4n) is 2.33. The maximum Gasteiger partial charge on any atom is 0.119 e. The Hall–Kier alpha value is -1.06. The van der Waals surface area contributed by atoms with Gasteiger partial charge in [-0.1, -0.05) is 12.1 Å². The van der Waals surface area contributed by atoms with Crippen LogP contribution in [0.2, 0.25) is 0 Å². The third-order valence-electron chi connectivity index (χ3n) is 3.20. The molecule has 1 fully saturated rings. The number of rotatable bonds is 3. The third kappa shape index (κ3) is 2.79. The van der Waals surface area contributed by atoms with Gasteiger partial charge in [-0.05, 0) is 45.0 Å². The van der Waals surface area contributed by atoms with Crippen molar-refractivity contribution < 1.29 is 9.84 Å². The van der Waals surface area contributed by atoms with Crippen molar-refractivity contribution in [2.45, 2.75) is 32.0 Å². The van der Waals surface area contributed by atoms with Gasteiger partial charge in [0.1, 0.15) is 11.4 Å². The first-order chi connectivity index (χ1) is 7.99. The highest BCUT2D eigenvalue weighted by Gasteiger charge is 2.35. The molecule has 1 aromatic rings. The van der Waals surface area contributed by atoms with Crippen LogP contribution in [0, 0.1) is 0 Å². The van der Waals surface area contributed by atoms with E-state index in [0.29, 0.717) is 6.54 Å². The molecule has 1 atom stereocenters. The summed E-state index contributed by atoms with van der Waals surface area (Å²) < 4.78 is 5.59. The first-order valence-electron chi connectivity index (χ1n) is 6.18. The molecule has 0 aromatic heterocycles. The van der Waals surface area contributed by atoms with Gasteiger partial charge >= 0.3 is 0 Å². The van der Waals surface area contributed by atoms with E-state index in [4.69, 9.17) is 4.74 Å². The van der Waals surface area contributed by atoms with E-state index in [1.165, 1.54) is 0 Å². The first kappa shape index (κ1) is 12.4. The summed E-state index contributed by atoms with van der Waals surface area (Å²) >= 11 is 0. The molecule has 3 heteroatoms. The summed E-state index contributed by atoms with van der Waals surface area (Å²) in [6.07, 6.45) is 0.981. The van der Waals surface area contributed by atoms with Crippen molar-refractivity contribution in [2.75, 3.05) is 20.1 Å². The van der Waals surface area contributed by atoms with Crippen LogP contribution in [0.5, 0.6) is 5.75 Å². The van der Waals surface area contributed by atoms with Gasteiger partial charge in [0.15, 0.2) is 0 Å². The lowest BCUT2D eigenvalue weighted by molar-refractivity contribution is 0.0488. The van der Waals surface area contributed by atoms with Crippen LogP contribution in [-0.4, -0.2) is 36.2 Å². The molecule has 1 unspecified atom stereocenters. The van der Waals surface area contributed by atoms with E-state index in [1.807, 2.05) is 45.2 Å². The summed E-state index contributed by atoms with van der Waals surface area (Å²) in [6.45, 7) is 5.67. The molecule has 1 aliphatic rings. The summed E-state index contributed by atoms with van der Waals surface area (Å²) in [7, 11) is 2.04. The van der Waals surface area contributed by atoms with Gasteiger partial charge in [-0.15, -0.1) is 0 Å². The van der Waals surface area contributed by atoms with Crippen LogP contribution in [0.3, 0.4) is 0 Å². The average Bonchev–Trinajstić information content (AvgIpc) is 2.60. The Labute approximate surface area is 103 Å². The highest BCUT2D eigenvalue weighted by Crippen LogP contribution is 2.32. The van der Waals surface area contributed by atoms with Crippen molar-refractivity contribution in [3.05, 3.63) is 29.8 Å². The Morgan fingerprint density at radius 2 is 1.94 bits per heavy atom. The van der Waals surface area contributed by atoms with Gasteiger partial charge in [0.2, 0.25) is 0 Å². The molecular formula is C14H21NO2. The minimum atomic E-state index is -0.689. The highest BCUT2D eigenvalue weighted by molar-refractivity contribution is 5.32. The number of ether oxygens (including phenoxy) is 1. The Morgan fingerprint density at radius 1 is 1.29 bits per heavy atom. The van der Waals surface area contributed by atoms with Crippen LogP contribution in [0.4, 0.5) is 0 Å². The lowest BCUT2D eigenvalue weighted by Crippen LogP contribution is -2.29. The van der Waals surface area contributed by atoms with Gasteiger partial charge in [0.05, 0.1) is 6.10 Å². The fraction of sp³-hybridized carbons (Fsp3) is 0.571. The number of nitrogens with zero attached hydrogens (tertiary/aromatic N) is 1. The zero-order chi connectivity index (χ0) is 12.5. The molecule has 0 radical (unpaired) electrons. The maximum absolute atomic E-state index is 10.5. The zero-order valence-corrected chi connectivity index (χ0v) is 10.8. The van der Waals surface area contributed by atoms with Gasteiger partial charge in [-0.25, -0.2) is 0 Å². The summed E-state index contributed by atoms with van der Waals surface area (Å²) in [6, 6.07) is 7.81. The fourth-order valence-corrected chi connectivity index (χ4v) is 2.33. The van der Waals surface area contributed by atoms with Crippen molar-refractivity contribution in [3.63, 3.8) is 0 Å². The molecule has 1 heterocycles. The van der Waals surface area contributed by atoms with E-state index in [0.717, 1.165) is 24.3 Å². The smallest absolute Gasteiger partial charge is 0.119 e. The Balaban J connectivity index is 2.12. The van der Waals surface area contributed by atoms with E-state index in [1.54, 1.807) is 0 Å². The Kier molecular flexibility index (Phi) is 3.40. The lowest BCUT2D eigenvalue weighted by Gasteiger charge is -2.23. The van der Waals surface area contributed by atoms with Crippen LogP contribution in [0.25, 0.3) is 0 Å². The monoisotopic (exact) mass is 235 g/mol. The predicted molar refractivity (Wildman–Crippen MR) is 68.2 cm³/mol. The van der Waals surface area contributed by atoms with Gasteiger partial charge < -0.3 is 14.7 Å². The molecule has 0 amide bonds. The molecule has 1 saturated heterocycles. The minimum absolute atomic E-state index is 0.182. The number of likely N-dealkylation sites (tertiary alicyclic amines) is 1. The normalized spacial score (nSPS) is 25.5. The Morgan fingerprint density at radius 3 is 2.41 bits per heavy atom. The van der Waals surface area contributed by atoms with Crippen molar-refractivity contribution >= 4 is 0 Å². The second kappa shape index (κ2) is 4.67. The molecule has 0 spiro atoms. The van der Waals surface area contributed by atoms with Gasteiger partial charge in [0.25, 0.3) is 0 Å². The second-order valence-electron chi connectivity index (χ2n) is 5.21. The standard InChI is InChI=1S/C14H21NO2/c1-11(2)17-13-6-4-12(5-7-13)14(16)8-9-15(3)10-14/h4-7,11,16H,8-10H2,1-3H3. The topological polar surface area (TPSA) is 32.7 Å². The van der Waals surface area contributed by atoms with Crippen LogP contribution >= 0.6 is 0 Å². The lowest BCUT2D eigenvalue weighted by atomic mass is 9.93. The molecule has 0 bridgehead atoms. The first-order valence-corrected chi connectivity index (χ1v) is 6.18. The second-order valence-corrected chi connectivity index (χ2v) is 5.21. The number of hydrogen-bond donors (Lipinski definition) is 1. The summed E-state index contributed by atoms with van der Waals surface area (Å²) in [5, 5.41) is 10.5. The molecule has 1 aromatic carbocycles. The number of likely N-dealkylation sites (N-methyl/N-ethyl adjacent to an activating group) is 1. The van der Waals surface area contributed by atoms with Crippen LogP contribution < -0.4 is 4.74 Å².